The van der Waals surface area contributed by atoms with Gasteiger partial charge < -0.3 is 10.2 Å². The standard InChI is InChI=1S/C5H9BO3/c7-4(8)5(9)1-2-6-3-5/h6,9H,1-3H2,(H,7,8). The molecule has 0 radical (unpaired) electrons. The minimum absolute atomic E-state index is 0.419. The Labute approximate surface area is 53.9 Å². The molecular formula is C5H9BO3. The summed E-state index contributed by atoms with van der Waals surface area (Å²) in [4.78, 5) is 10.3. The third kappa shape index (κ3) is 1.08. The fourth-order valence-electron chi connectivity index (χ4n) is 1.17. The van der Waals surface area contributed by atoms with Gasteiger partial charge in [-0.1, -0.05) is 6.32 Å². The fraction of sp³-hybridized carbons (Fsp3) is 0.800. The third-order valence-corrected chi connectivity index (χ3v) is 1.83. The van der Waals surface area contributed by atoms with E-state index in [2.05, 4.69) is 0 Å². The van der Waals surface area contributed by atoms with Gasteiger partial charge in [-0.25, -0.2) is 4.79 Å². The van der Waals surface area contributed by atoms with Crippen molar-refractivity contribution >= 4 is 13.2 Å². The van der Waals surface area contributed by atoms with Gasteiger partial charge in [-0.05, 0) is 12.7 Å². The highest BCUT2D eigenvalue weighted by atomic mass is 16.4. The smallest absolute Gasteiger partial charge is 0.334 e. The molecule has 0 saturated carbocycles. The Morgan fingerprint density at radius 1 is 1.67 bits per heavy atom. The van der Waals surface area contributed by atoms with Gasteiger partial charge in [-0.3, -0.25) is 0 Å². The number of hydrogen-bond acceptors (Lipinski definition) is 2. The lowest BCUT2D eigenvalue weighted by atomic mass is 9.75. The van der Waals surface area contributed by atoms with E-state index in [0.29, 0.717) is 12.7 Å². The van der Waals surface area contributed by atoms with Crippen LogP contribution in [0.5, 0.6) is 0 Å². The van der Waals surface area contributed by atoms with E-state index in [1.807, 2.05) is 0 Å². The van der Waals surface area contributed by atoms with E-state index in [-0.39, 0.29) is 0 Å². The van der Waals surface area contributed by atoms with E-state index in [9.17, 15) is 4.79 Å². The minimum atomic E-state index is -1.39. The van der Waals surface area contributed by atoms with Crippen LogP contribution in [-0.4, -0.2) is 29.1 Å². The highest BCUT2D eigenvalue weighted by Crippen LogP contribution is 2.25. The molecule has 1 rings (SSSR count). The molecule has 1 heterocycles. The van der Waals surface area contributed by atoms with Crippen molar-refractivity contribution in [3.8, 4) is 0 Å². The van der Waals surface area contributed by atoms with Crippen molar-refractivity contribution in [3.63, 3.8) is 0 Å². The molecule has 50 valence electrons. The van der Waals surface area contributed by atoms with Crippen LogP contribution < -0.4 is 0 Å². The Kier molecular flexibility index (Phi) is 1.49. The lowest BCUT2D eigenvalue weighted by molar-refractivity contribution is -0.155. The summed E-state index contributed by atoms with van der Waals surface area (Å²) in [5.41, 5.74) is -1.39. The van der Waals surface area contributed by atoms with E-state index < -0.39 is 11.6 Å². The highest BCUT2D eigenvalue weighted by Gasteiger charge is 2.38. The minimum Gasteiger partial charge on any atom is -0.479 e. The highest BCUT2D eigenvalue weighted by molar-refractivity contribution is 6.38. The molecule has 0 amide bonds. The molecule has 1 unspecified atom stereocenters. The molecule has 4 heteroatoms. The number of carboxylic acids is 1. The number of aliphatic hydroxyl groups is 1. The van der Waals surface area contributed by atoms with Crippen LogP contribution in [0, 0.1) is 0 Å². The van der Waals surface area contributed by atoms with Crippen molar-refractivity contribution < 1.29 is 15.0 Å². The molecule has 0 aromatic heterocycles. The fourth-order valence-corrected chi connectivity index (χ4v) is 1.17. The zero-order chi connectivity index (χ0) is 6.91. The Morgan fingerprint density at radius 3 is 2.56 bits per heavy atom. The van der Waals surface area contributed by atoms with Crippen LogP contribution in [0.15, 0.2) is 0 Å². The summed E-state index contributed by atoms with van der Waals surface area (Å²) < 4.78 is 0. The van der Waals surface area contributed by atoms with Gasteiger partial charge in [-0.15, -0.1) is 0 Å². The molecule has 1 atom stereocenters. The lowest BCUT2D eigenvalue weighted by Crippen LogP contribution is -2.34. The Bertz CT molecular complexity index is 128. The van der Waals surface area contributed by atoms with Crippen molar-refractivity contribution in [3.05, 3.63) is 0 Å². The monoisotopic (exact) mass is 128 g/mol. The van der Waals surface area contributed by atoms with Gasteiger partial charge in [0.1, 0.15) is 7.28 Å². The number of rotatable bonds is 1. The van der Waals surface area contributed by atoms with Crippen molar-refractivity contribution in [2.24, 2.45) is 0 Å². The van der Waals surface area contributed by atoms with Crippen LogP contribution in [0.25, 0.3) is 0 Å². The number of aliphatic carboxylic acids is 1. The lowest BCUT2D eigenvalue weighted by Gasteiger charge is -2.14. The first-order chi connectivity index (χ1) is 4.15. The van der Waals surface area contributed by atoms with Crippen LogP contribution in [0.1, 0.15) is 6.42 Å². The summed E-state index contributed by atoms with van der Waals surface area (Å²) in [6, 6.07) is 0. The van der Waals surface area contributed by atoms with E-state index >= 15 is 0 Å². The molecule has 0 bridgehead atoms. The molecular weight excluding hydrogens is 119 g/mol. The maximum Gasteiger partial charge on any atom is 0.334 e. The van der Waals surface area contributed by atoms with Crippen molar-refractivity contribution in [1.29, 1.82) is 0 Å². The maximum absolute atomic E-state index is 10.3. The van der Waals surface area contributed by atoms with Crippen LogP contribution in [0.3, 0.4) is 0 Å². The van der Waals surface area contributed by atoms with Crippen LogP contribution in [0.2, 0.25) is 12.6 Å². The van der Waals surface area contributed by atoms with E-state index in [1.165, 1.54) is 0 Å². The summed E-state index contributed by atoms with van der Waals surface area (Å²) in [5.74, 6) is -1.07. The Hall–Kier alpha value is -0.505. The second-order valence-electron chi connectivity index (χ2n) is 2.54. The van der Waals surface area contributed by atoms with E-state index in [1.54, 1.807) is 0 Å². The predicted octanol–water partition coefficient (Wildman–Crippen LogP) is -0.521. The molecule has 1 saturated heterocycles. The quantitative estimate of drug-likeness (QED) is 0.467. The first kappa shape index (κ1) is 6.61. The molecule has 0 aromatic carbocycles. The molecule has 1 aliphatic rings. The van der Waals surface area contributed by atoms with Gasteiger partial charge in [0.2, 0.25) is 0 Å². The Balaban J connectivity index is 2.61. The normalized spacial score (nSPS) is 33.9. The van der Waals surface area contributed by atoms with Crippen molar-refractivity contribution in [2.75, 3.05) is 0 Å². The van der Waals surface area contributed by atoms with Gasteiger partial charge in [0.15, 0.2) is 5.60 Å². The summed E-state index contributed by atoms with van der Waals surface area (Å²) >= 11 is 0. The van der Waals surface area contributed by atoms with Crippen LogP contribution in [0.4, 0.5) is 0 Å². The topological polar surface area (TPSA) is 57.5 Å². The second-order valence-corrected chi connectivity index (χ2v) is 2.54. The van der Waals surface area contributed by atoms with Gasteiger partial charge in [0.25, 0.3) is 0 Å². The molecule has 1 aliphatic heterocycles. The number of carboxylic acid groups (broad SMARTS) is 1. The molecule has 2 N–H and O–H groups in total. The van der Waals surface area contributed by atoms with E-state index in [4.69, 9.17) is 10.2 Å². The van der Waals surface area contributed by atoms with Crippen molar-refractivity contribution in [1.82, 2.24) is 0 Å². The average Bonchev–Trinajstić information content (AvgIpc) is 2.16. The first-order valence-corrected chi connectivity index (χ1v) is 3.11. The van der Waals surface area contributed by atoms with Gasteiger partial charge in [0.05, 0.1) is 0 Å². The number of carbonyl (C=O) groups is 1. The summed E-state index contributed by atoms with van der Waals surface area (Å²) in [5, 5.41) is 17.6. The predicted molar refractivity (Wildman–Crippen MR) is 34.0 cm³/mol. The molecule has 3 nitrogen and oxygen atoms in total. The van der Waals surface area contributed by atoms with E-state index in [0.717, 1.165) is 13.6 Å². The zero-order valence-electron chi connectivity index (χ0n) is 5.13. The molecule has 0 spiro atoms. The average molecular weight is 128 g/mol. The van der Waals surface area contributed by atoms with Gasteiger partial charge in [-0.2, -0.15) is 0 Å². The van der Waals surface area contributed by atoms with Crippen molar-refractivity contribution in [2.45, 2.75) is 24.7 Å². The van der Waals surface area contributed by atoms with Crippen LogP contribution in [-0.2, 0) is 4.79 Å². The summed E-state index contributed by atoms with van der Waals surface area (Å²) in [6.45, 7) is 0. The maximum atomic E-state index is 10.3. The second kappa shape index (κ2) is 2.03. The first-order valence-electron chi connectivity index (χ1n) is 3.11. The Morgan fingerprint density at radius 2 is 2.33 bits per heavy atom. The SMILES string of the molecule is O=C(O)C1(O)CBCC1. The van der Waals surface area contributed by atoms with Crippen LogP contribution >= 0.6 is 0 Å². The molecule has 1 fully saturated rings. The van der Waals surface area contributed by atoms with Gasteiger partial charge >= 0.3 is 5.97 Å². The molecule has 0 aliphatic carbocycles. The summed E-state index contributed by atoms with van der Waals surface area (Å²) in [6.07, 6.45) is 1.67. The third-order valence-electron chi connectivity index (χ3n) is 1.83. The largest absolute Gasteiger partial charge is 0.479 e. The molecule has 0 aromatic rings. The number of hydrogen-bond donors (Lipinski definition) is 2. The van der Waals surface area contributed by atoms with Gasteiger partial charge in [0, 0.05) is 0 Å². The zero-order valence-corrected chi connectivity index (χ0v) is 5.13. The summed E-state index contributed by atoms with van der Waals surface area (Å²) in [7, 11) is 0.836. The molecule has 9 heavy (non-hydrogen) atoms.